The van der Waals surface area contributed by atoms with E-state index in [9.17, 15) is 22.0 Å². The zero-order chi connectivity index (χ0) is 15.6. The van der Waals surface area contributed by atoms with Crippen molar-refractivity contribution in [3.05, 3.63) is 35.4 Å². The molecule has 1 saturated heterocycles. The molecular formula is C14H17F2NO3S. The maximum absolute atomic E-state index is 13.2. The molecule has 0 radical (unpaired) electrons. The Kier molecular flexibility index (Phi) is 4.61. The average Bonchev–Trinajstić information content (AvgIpc) is 2.78. The van der Waals surface area contributed by atoms with E-state index in [1.807, 2.05) is 6.92 Å². The lowest BCUT2D eigenvalue weighted by atomic mass is 10.1. The van der Waals surface area contributed by atoms with Gasteiger partial charge in [0.2, 0.25) is 0 Å². The third kappa shape index (κ3) is 3.58. The first kappa shape index (κ1) is 15.9. The van der Waals surface area contributed by atoms with Crippen LogP contribution in [0.5, 0.6) is 0 Å². The Balaban J connectivity index is 2.25. The number of rotatable bonds is 4. The lowest BCUT2D eigenvalue weighted by Crippen LogP contribution is -2.41. The molecule has 2 rings (SSSR count). The molecule has 1 aromatic carbocycles. The average molecular weight is 317 g/mol. The molecule has 1 fully saturated rings. The standard InChI is InChI=1S/C14H17F2NO3S/c1-2-6-17(11-5-7-21(19,20)9-11)14(18)10-3-4-12(15)13(16)8-10/h3-4,8,11H,2,5-7,9H2,1H3. The first-order valence-corrected chi connectivity index (χ1v) is 8.62. The van der Waals surface area contributed by atoms with Crippen molar-refractivity contribution >= 4 is 15.7 Å². The molecule has 7 heteroatoms. The van der Waals surface area contributed by atoms with Gasteiger partial charge in [0.1, 0.15) is 0 Å². The van der Waals surface area contributed by atoms with Crippen LogP contribution in [0.3, 0.4) is 0 Å². The van der Waals surface area contributed by atoms with Crippen molar-refractivity contribution in [2.24, 2.45) is 0 Å². The van der Waals surface area contributed by atoms with E-state index in [2.05, 4.69) is 0 Å². The van der Waals surface area contributed by atoms with Gasteiger partial charge in [0, 0.05) is 18.2 Å². The molecule has 1 aromatic rings. The fraction of sp³-hybridized carbons (Fsp3) is 0.500. The van der Waals surface area contributed by atoms with Gasteiger partial charge in [0.15, 0.2) is 21.5 Å². The van der Waals surface area contributed by atoms with E-state index in [1.54, 1.807) is 0 Å². The van der Waals surface area contributed by atoms with Crippen molar-refractivity contribution in [3.8, 4) is 0 Å². The second kappa shape index (κ2) is 6.09. The van der Waals surface area contributed by atoms with E-state index in [0.717, 1.165) is 12.1 Å². The highest BCUT2D eigenvalue weighted by Crippen LogP contribution is 2.21. The van der Waals surface area contributed by atoms with Crippen LogP contribution in [-0.2, 0) is 9.84 Å². The van der Waals surface area contributed by atoms with Gasteiger partial charge in [-0.1, -0.05) is 6.92 Å². The number of carbonyl (C=O) groups excluding carboxylic acids is 1. The third-order valence-electron chi connectivity index (χ3n) is 3.54. The van der Waals surface area contributed by atoms with E-state index < -0.39 is 33.4 Å². The monoisotopic (exact) mass is 317 g/mol. The Hall–Kier alpha value is -1.50. The van der Waals surface area contributed by atoms with E-state index in [0.29, 0.717) is 19.4 Å². The van der Waals surface area contributed by atoms with Gasteiger partial charge in [-0.2, -0.15) is 0 Å². The van der Waals surface area contributed by atoms with E-state index in [-0.39, 0.29) is 17.1 Å². The molecule has 1 atom stereocenters. The van der Waals surface area contributed by atoms with Crippen LogP contribution in [-0.4, -0.2) is 43.3 Å². The quantitative estimate of drug-likeness (QED) is 0.853. The predicted octanol–water partition coefficient (Wildman–Crippen LogP) is 2.00. The molecular weight excluding hydrogens is 300 g/mol. The summed E-state index contributed by atoms with van der Waals surface area (Å²) in [5.74, 6) is -2.57. The number of carbonyl (C=O) groups is 1. The number of halogens is 2. The Labute approximate surface area is 122 Å². The third-order valence-corrected chi connectivity index (χ3v) is 5.29. The maximum Gasteiger partial charge on any atom is 0.254 e. The summed E-state index contributed by atoms with van der Waals surface area (Å²) in [7, 11) is -3.12. The van der Waals surface area contributed by atoms with Crippen molar-refractivity contribution in [2.45, 2.75) is 25.8 Å². The summed E-state index contributed by atoms with van der Waals surface area (Å²) in [5.41, 5.74) is 0.0339. The number of hydrogen-bond donors (Lipinski definition) is 0. The topological polar surface area (TPSA) is 54.5 Å². The van der Waals surface area contributed by atoms with E-state index >= 15 is 0 Å². The largest absolute Gasteiger partial charge is 0.335 e. The molecule has 1 aliphatic rings. The van der Waals surface area contributed by atoms with Crippen LogP contribution in [0.1, 0.15) is 30.1 Å². The number of amides is 1. The normalized spacial score (nSPS) is 20.4. The number of benzene rings is 1. The second-order valence-electron chi connectivity index (χ2n) is 5.18. The van der Waals surface area contributed by atoms with Gasteiger partial charge in [-0.25, -0.2) is 17.2 Å². The molecule has 1 heterocycles. The number of nitrogens with zero attached hydrogens (tertiary/aromatic N) is 1. The molecule has 0 bridgehead atoms. The summed E-state index contributed by atoms with van der Waals surface area (Å²) in [6, 6.07) is 2.57. The van der Waals surface area contributed by atoms with Gasteiger partial charge in [-0.05, 0) is 31.0 Å². The van der Waals surface area contributed by atoms with Gasteiger partial charge < -0.3 is 4.90 Å². The zero-order valence-corrected chi connectivity index (χ0v) is 12.5. The van der Waals surface area contributed by atoms with Crippen molar-refractivity contribution in [2.75, 3.05) is 18.1 Å². The van der Waals surface area contributed by atoms with Crippen LogP contribution in [0.25, 0.3) is 0 Å². The fourth-order valence-electron chi connectivity index (χ4n) is 2.51. The lowest BCUT2D eigenvalue weighted by molar-refractivity contribution is 0.0696. The summed E-state index contributed by atoms with van der Waals surface area (Å²) in [5, 5.41) is 0. The minimum absolute atomic E-state index is 0.0339. The van der Waals surface area contributed by atoms with Crippen molar-refractivity contribution in [1.82, 2.24) is 4.90 Å². The van der Waals surface area contributed by atoms with Crippen molar-refractivity contribution in [1.29, 1.82) is 0 Å². The minimum atomic E-state index is -3.12. The minimum Gasteiger partial charge on any atom is -0.335 e. The highest BCUT2D eigenvalue weighted by molar-refractivity contribution is 7.91. The Morgan fingerprint density at radius 1 is 1.33 bits per heavy atom. The highest BCUT2D eigenvalue weighted by Gasteiger charge is 2.34. The van der Waals surface area contributed by atoms with Gasteiger partial charge >= 0.3 is 0 Å². The molecule has 1 aliphatic heterocycles. The summed E-state index contributed by atoms with van der Waals surface area (Å²) in [6.45, 7) is 2.26. The Morgan fingerprint density at radius 3 is 2.57 bits per heavy atom. The van der Waals surface area contributed by atoms with Crippen LogP contribution in [0.15, 0.2) is 18.2 Å². The van der Waals surface area contributed by atoms with Gasteiger partial charge in [0.25, 0.3) is 5.91 Å². The molecule has 0 spiro atoms. The van der Waals surface area contributed by atoms with Crippen LogP contribution < -0.4 is 0 Å². The van der Waals surface area contributed by atoms with E-state index in [4.69, 9.17) is 0 Å². The molecule has 0 aromatic heterocycles. The smallest absolute Gasteiger partial charge is 0.254 e. The number of hydrogen-bond acceptors (Lipinski definition) is 3. The first-order chi connectivity index (χ1) is 9.84. The van der Waals surface area contributed by atoms with E-state index in [1.165, 1.54) is 11.0 Å². The summed E-state index contributed by atoms with van der Waals surface area (Å²) >= 11 is 0. The van der Waals surface area contributed by atoms with Gasteiger partial charge in [-0.3, -0.25) is 4.79 Å². The lowest BCUT2D eigenvalue weighted by Gasteiger charge is -2.28. The summed E-state index contributed by atoms with van der Waals surface area (Å²) in [6.07, 6.45) is 1.05. The molecule has 116 valence electrons. The van der Waals surface area contributed by atoms with Crippen molar-refractivity contribution in [3.63, 3.8) is 0 Å². The molecule has 0 aliphatic carbocycles. The summed E-state index contributed by atoms with van der Waals surface area (Å²) < 4.78 is 49.3. The van der Waals surface area contributed by atoms with Crippen LogP contribution in [0.2, 0.25) is 0 Å². The Morgan fingerprint density at radius 2 is 2.05 bits per heavy atom. The second-order valence-corrected chi connectivity index (χ2v) is 7.41. The first-order valence-electron chi connectivity index (χ1n) is 6.80. The van der Waals surface area contributed by atoms with Crippen LogP contribution in [0, 0.1) is 11.6 Å². The van der Waals surface area contributed by atoms with Crippen LogP contribution >= 0.6 is 0 Å². The molecule has 21 heavy (non-hydrogen) atoms. The summed E-state index contributed by atoms with van der Waals surface area (Å²) in [4.78, 5) is 13.9. The molecule has 1 amide bonds. The zero-order valence-electron chi connectivity index (χ0n) is 11.7. The molecule has 4 nitrogen and oxygen atoms in total. The Bertz CT molecular complexity index is 646. The van der Waals surface area contributed by atoms with Crippen LogP contribution in [0.4, 0.5) is 8.78 Å². The highest BCUT2D eigenvalue weighted by atomic mass is 32.2. The van der Waals surface area contributed by atoms with Gasteiger partial charge in [-0.15, -0.1) is 0 Å². The van der Waals surface area contributed by atoms with Crippen molar-refractivity contribution < 1.29 is 22.0 Å². The molecule has 0 saturated carbocycles. The number of sulfone groups is 1. The maximum atomic E-state index is 13.2. The molecule has 0 N–H and O–H groups in total. The predicted molar refractivity (Wildman–Crippen MR) is 74.7 cm³/mol. The van der Waals surface area contributed by atoms with Gasteiger partial charge in [0.05, 0.1) is 11.5 Å². The SMILES string of the molecule is CCCN(C(=O)c1ccc(F)c(F)c1)C1CCS(=O)(=O)C1. The fourth-order valence-corrected chi connectivity index (χ4v) is 4.24. The molecule has 1 unspecified atom stereocenters.